The van der Waals surface area contributed by atoms with Gasteiger partial charge in [-0.3, -0.25) is 10.9 Å². The summed E-state index contributed by atoms with van der Waals surface area (Å²) in [7, 11) is 0. The summed E-state index contributed by atoms with van der Waals surface area (Å²) in [6.45, 7) is 14.0. The van der Waals surface area contributed by atoms with Crippen LogP contribution < -0.4 is 10.9 Å². The van der Waals surface area contributed by atoms with Gasteiger partial charge in [0.25, 0.3) is 0 Å². The van der Waals surface area contributed by atoms with Gasteiger partial charge in [0.05, 0.1) is 5.03 Å². The Bertz CT molecular complexity index is 430. The lowest BCUT2D eigenvalue weighted by Gasteiger charge is -2.36. The molecule has 0 aromatic carbocycles. The van der Waals surface area contributed by atoms with E-state index in [0.29, 0.717) is 16.8 Å². The zero-order valence-corrected chi connectivity index (χ0v) is 15.8. The molecule has 0 saturated carbocycles. The largest absolute Gasteiger partial charge is 0.336 e. The topological polar surface area (TPSA) is 56.7 Å². The lowest BCUT2D eigenvalue weighted by atomic mass is 9.95. The Hall–Kier alpha value is -1.49. The average molecular weight is 343 g/mol. The minimum Gasteiger partial charge on any atom is -0.320 e. The fraction of sp³-hybridized carbons (Fsp3) is 0.647. The number of hydrogen-bond acceptors (Lipinski definition) is 3. The van der Waals surface area contributed by atoms with Gasteiger partial charge in [0.1, 0.15) is 0 Å². The maximum Gasteiger partial charge on any atom is 0.336 e. The molecule has 0 aromatic heterocycles. The first-order chi connectivity index (χ1) is 10.9. The van der Waals surface area contributed by atoms with Gasteiger partial charge in [0.15, 0.2) is 5.82 Å². The summed E-state index contributed by atoms with van der Waals surface area (Å²) in [5, 5.41) is 0.509. The third-order valence-electron chi connectivity index (χ3n) is 3.40. The number of hydrazine groups is 1. The maximum absolute atomic E-state index is 12.2. The number of halogens is 1. The average Bonchev–Trinajstić information content (AvgIpc) is 2.50. The van der Waals surface area contributed by atoms with Crippen LogP contribution in [0.5, 0.6) is 0 Å². The van der Waals surface area contributed by atoms with Crippen molar-refractivity contribution in [3.05, 3.63) is 23.5 Å². The molecular weight excluding hydrogens is 312 g/mol. The predicted molar refractivity (Wildman–Crippen MR) is 99.4 cm³/mol. The van der Waals surface area contributed by atoms with E-state index in [4.69, 9.17) is 11.6 Å². The van der Waals surface area contributed by atoms with Gasteiger partial charge in [0, 0.05) is 18.8 Å². The van der Waals surface area contributed by atoms with E-state index in [1.54, 1.807) is 19.2 Å². The minimum absolute atomic E-state index is 0.133. The summed E-state index contributed by atoms with van der Waals surface area (Å²) >= 11 is 5.94. The summed E-state index contributed by atoms with van der Waals surface area (Å²) in [5.41, 5.74) is 5.47. The van der Waals surface area contributed by atoms with Crippen molar-refractivity contribution in [2.24, 2.45) is 10.9 Å². The van der Waals surface area contributed by atoms with E-state index >= 15 is 0 Å². The molecule has 2 unspecified atom stereocenters. The minimum atomic E-state index is -0.133. The van der Waals surface area contributed by atoms with Gasteiger partial charge >= 0.3 is 6.03 Å². The molecule has 2 amide bonds. The molecule has 0 radical (unpaired) electrons. The highest BCUT2D eigenvalue weighted by Crippen LogP contribution is 2.21. The molecule has 1 fully saturated rings. The normalized spacial score (nSPS) is 21.9. The molecule has 23 heavy (non-hydrogen) atoms. The fourth-order valence-electron chi connectivity index (χ4n) is 2.15. The third kappa shape index (κ3) is 8.65. The summed E-state index contributed by atoms with van der Waals surface area (Å²) < 4.78 is 0. The second-order valence-corrected chi connectivity index (χ2v) is 6.32. The molecule has 1 aliphatic rings. The number of amides is 2. The second-order valence-electron chi connectivity index (χ2n) is 5.75. The molecule has 1 saturated heterocycles. The van der Waals surface area contributed by atoms with Gasteiger partial charge in [-0.05, 0) is 46.0 Å². The zero-order chi connectivity index (χ0) is 17.8. The second kappa shape index (κ2) is 12.0. The van der Waals surface area contributed by atoms with Gasteiger partial charge in [-0.25, -0.2) is 9.79 Å². The molecule has 2 N–H and O–H groups in total. The summed E-state index contributed by atoms with van der Waals surface area (Å²) in [6, 6.07) is 0.128. The number of likely N-dealkylation sites (tertiary alicyclic amines) is 1. The number of nitrogens with one attached hydrogen (secondary N) is 2. The van der Waals surface area contributed by atoms with Gasteiger partial charge in [-0.2, -0.15) is 0 Å². The first-order valence-electron chi connectivity index (χ1n) is 8.15. The molecule has 0 aliphatic carbocycles. The van der Waals surface area contributed by atoms with Crippen LogP contribution in [0, 0.1) is 5.92 Å². The van der Waals surface area contributed by atoms with E-state index in [-0.39, 0.29) is 12.1 Å². The van der Waals surface area contributed by atoms with Crippen molar-refractivity contribution < 1.29 is 4.79 Å². The maximum atomic E-state index is 12.2. The van der Waals surface area contributed by atoms with Gasteiger partial charge in [0.2, 0.25) is 0 Å². The molecule has 132 valence electrons. The SMILES string of the molecule is C=CC.CC/C=N\C(NNC(=O)N1CC(C)CCC1C)=C(/C)Cl. The Labute approximate surface area is 145 Å². The molecule has 1 aliphatic heterocycles. The summed E-state index contributed by atoms with van der Waals surface area (Å²) in [5.74, 6) is 1.01. The first-order valence-corrected chi connectivity index (χ1v) is 8.53. The van der Waals surface area contributed by atoms with Crippen LogP contribution in [0.1, 0.15) is 53.9 Å². The smallest absolute Gasteiger partial charge is 0.320 e. The molecule has 0 bridgehead atoms. The number of piperidine rings is 1. The first kappa shape index (κ1) is 21.5. The highest BCUT2D eigenvalue weighted by atomic mass is 35.5. The van der Waals surface area contributed by atoms with Crippen molar-refractivity contribution in [2.45, 2.75) is 59.9 Å². The van der Waals surface area contributed by atoms with Crippen LogP contribution in [-0.2, 0) is 0 Å². The van der Waals surface area contributed by atoms with E-state index in [1.807, 2.05) is 18.7 Å². The summed E-state index contributed by atoms with van der Waals surface area (Å²) in [4.78, 5) is 18.2. The van der Waals surface area contributed by atoms with Crippen LogP contribution in [0.4, 0.5) is 4.79 Å². The van der Waals surface area contributed by atoms with Crippen LogP contribution in [-0.4, -0.2) is 29.7 Å². The lowest BCUT2D eigenvalue weighted by Crippen LogP contribution is -2.52. The van der Waals surface area contributed by atoms with E-state index in [1.165, 1.54) is 6.42 Å². The third-order valence-corrected chi connectivity index (χ3v) is 3.57. The number of carbonyl (C=O) groups is 1. The van der Waals surface area contributed by atoms with E-state index in [9.17, 15) is 4.79 Å². The Balaban J connectivity index is 0.00000149. The summed E-state index contributed by atoms with van der Waals surface area (Å²) in [6.07, 6.45) is 6.51. The molecule has 0 aromatic rings. The standard InChI is InChI=1S/C14H25ClN4O.C3H6/c1-5-8-16-13(12(4)15)17-18-14(20)19-9-10(2)6-7-11(19)3;1-3-2/h8,10-11,17H,5-7,9H2,1-4H3,(H,18,20);3H,1H2,2H3/b13-12-,16-8-;. The van der Waals surface area contributed by atoms with Crippen LogP contribution in [0.3, 0.4) is 0 Å². The Morgan fingerprint density at radius 3 is 2.52 bits per heavy atom. The van der Waals surface area contributed by atoms with Crippen molar-refractivity contribution in [1.82, 2.24) is 15.8 Å². The molecule has 2 atom stereocenters. The molecule has 1 rings (SSSR count). The van der Waals surface area contributed by atoms with Crippen molar-refractivity contribution >= 4 is 23.8 Å². The van der Waals surface area contributed by atoms with E-state index in [0.717, 1.165) is 19.4 Å². The molecule has 0 spiro atoms. The number of hydrogen-bond donors (Lipinski definition) is 2. The zero-order valence-electron chi connectivity index (χ0n) is 15.0. The Morgan fingerprint density at radius 2 is 2.00 bits per heavy atom. The Kier molecular flexibility index (Phi) is 11.2. The van der Waals surface area contributed by atoms with E-state index in [2.05, 4.69) is 36.3 Å². The van der Waals surface area contributed by atoms with Gasteiger partial charge in [-0.1, -0.05) is 31.5 Å². The van der Waals surface area contributed by atoms with Crippen molar-refractivity contribution in [3.8, 4) is 0 Å². The van der Waals surface area contributed by atoms with Crippen LogP contribution >= 0.6 is 11.6 Å². The number of carbonyl (C=O) groups excluding carboxylic acids is 1. The Morgan fingerprint density at radius 1 is 1.39 bits per heavy atom. The monoisotopic (exact) mass is 342 g/mol. The van der Waals surface area contributed by atoms with Crippen molar-refractivity contribution in [2.75, 3.05) is 6.54 Å². The quantitative estimate of drug-likeness (QED) is 0.451. The van der Waals surface area contributed by atoms with Crippen LogP contribution in [0.2, 0.25) is 0 Å². The van der Waals surface area contributed by atoms with Crippen LogP contribution in [0.25, 0.3) is 0 Å². The molecule has 6 heteroatoms. The number of nitrogens with zero attached hydrogens (tertiary/aromatic N) is 2. The lowest BCUT2D eigenvalue weighted by molar-refractivity contribution is 0.134. The van der Waals surface area contributed by atoms with Gasteiger partial charge in [-0.15, -0.1) is 6.58 Å². The van der Waals surface area contributed by atoms with Gasteiger partial charge < -0.3 is 4.90 Å². The van der Waals surface area contributed by atoms with Crippen LogP contribution in [0.15, 0.2) is 28.5 Å². The number of allylic oxidation sites excluding steroid dienone is 2. The predicted octanol–water partition coefficient (Wildman–Crippen LogP) is 4.42. The number of aliphatic imine (C=N–C) groups is 1. The molecule has 1 heterocycles. The highest BCUT2D eigenvalue weighted by Gasteiger charge is 2.26. The fourth-order valence-corrected chi connectivity index (χ4v) is 2.24. The highest BCUT2D eigenvalue weighted by molar-refractivity contribution is 6.29. The van der Waals surface area contributed by atoms with Crippen molar-refractivity contribution in [3.63, 3.8) is 0 Å². The van der Waals surface area contributed by atoms with E-state index < -0.39 is 0 Å². The number of urea groups is 1. The number of rotatable bonds is 4. The molecular formula is C17H31ClN4O. The molecule has 5 nitrogen and oxygen atoms in total. The van der Waals surface area contributed by atoms with Crippen molar-refractivity contribution in [1.29, 1.82) is 0 Å².